The molecule has 3 aromatic carbocycles. The molecule has 0 saturated heterocycles. The van der Waals surface area contributed by atoms with Crippen molar-refractivity contribution in [3.63, 3.8) is 0 Å². The standard InChI is InChI=1S/C19H15NO4S2/c1-11-6-7-15(24-2)14(10-11)20-26(22,23)17-9-8-16-18-12(17)4-3-5-13(18)19(21)25-16/h3-10,20H,1-2H3. The Morgan fingerprint density at radius 2 is 1.88 bits per heavy atom. The second kappa shape index (κ2) is 6.03. The minimum Gasteiger partial charge on any atom is -0.495 e. The molecule has 0 spiro atoms. The monoisotopic (exact) mass is 385 g/mol. The third-order valence-corrected chi connectivity index (χ3v) is 6.66. The fourth-order valence-electron chi connectivity index (χ4n) is 3.09. The van der Waals surface area contributed by atoms with Gasteiger partial charge in [0.2, 0.25) is 5.12 Å². The predicted octanol–water partition coefficient (Wildman–Crippen LogP) is 4.20. The first kappa shape index (κ1) is 16.9. The Balaban J connectivity index is 1.87. The molecular weight excluding hydrogens is 370 g/mol. The minimum absolute atomic E-state index is 0.0616. The van der Waals surface area contributed by atoms with Gasteiger partial charge in [0, 0.05) is 21.2 Å². The molecule has 1 heterocycles. The van der Waals surface area contributed by atoms with Crippen molar-refractivity contribution in [2.75, 3.05) is 11.8 Å². The molecule has 1 aliphatic heterocycles. The SMILES string of the molecule is COc1ccc(C)cc1NS(=O)(=O)c1ccc2c3c(cccc13)C(=O)S2. The number of hydrogen-bond acceptors (Lipinski definition) is 5. The van der Waals surface area contributed by atoms with E-state index in [0.717, 1.165) is 22.2 Å². The normalized spacial score (nSPS) is 13.2. The molecule has 0 saturated carbocycles. The summed E-state index contributed by atoms with van der Waals surface area (Å²) in [6.07, 6.45) is 0. The van der Waals surface area contributed by atoms with Gasteiger partial charge in [0.1, 0.15) is 5.75 Å². The lowest BCUT2D eigenvalue weighted by Gasteiger charge is -2.14. The zero-order valence-electron chi connectivity index (χ0n) is 14.1. The average Bonchev–Trinajstić information content (AvgIpc) is 2.93. The van der Waals surface area contributed by atoms with Gasteiger partial charge in [-0.2, -0.15) is 0 Å². The maximum atomic E-state index is 13.1. The van der Waals surface area contributed by atoms with Gasteiger partial charge in [0.25, 0.3) is 10.0 Å². The van der Waals surface area contributed by atoms with Crippen LogP contribution in [0.15, 0.2) is 58.3 Å². The van der Waals surface area contributed by atoms with Gasteiger partial charge in [-0.15, -0.1) is 0 Å². The van der Waals surface area contributed by atoms with Gasteiger partial charge in [-0.3, -0.25) is 9.52 Å². The lowest BCUT2D eigenvalue weighted by Crippen LogP contribution is -2.14. The summed E-state index contributed by atoms with van der Waals surface area (Å²) in [7, 11) is -2.37. The third kappa shape index (κ3) is 2.64. The van der Waals surface area contributed by atoms with Gasteiger partial charge in [-0.25, -0.2) is 8.42 Å². The number of hydrogen-bond donors (Lipinski definition) is 1. The highest BCUT2D eigenvalue weighted by molar-refractivity contribution is 8.14. The summed E-state index contributed by atoms with van der Waals surface area (Å²) < 4.78 is 34.0. The number of ether oxygens (including phenoxy) is 1. The van der Waals surface area contributed by atoms with E-state index < -0.39 is 10.0 Å². The summed E-state index contributed by atoms with van der Waals surface area (Å²) in [5, 5.41) is 1.17. The first-order valence-corrected chi connectivity index (χ1v) is 10.2. The quantitative estimate of drug-likeness (QED) is 0.729. The highest BCUT2D eigenvalue weighted by Gasteiger charge is 2.27. The molecule has 132 valence electrons. The van der Waals surface area contributed by atoms with E-state index in [2.05, 4.69) is 4.72 Å². The summed E-state index contributed by atoms with van der Waals surface area (Å²) in [5.41, 5.74) is 1.83. The number of sulfonamides is 1. The van der Waals surface area contributed by atoms with E-state index in [9.17, 15) is 13.2 Å². The van der Waals surface area contributed by atoms with Gasteiger partial charge in [-0.05, 0) is 54.6 Å². The lowest BCUT2D eigenvalue weighted by atomic mass is 10.1. The van der Waals surface area contributed by atoms with Gasteiger partial charge < -0.3 is 4.74 Å². The molecule has 0 aliphatic carbocycles. The molecule has 0 atom stereocenters. The number of benzene rings is 3. The van der Waals surface area contributed by atoms with Crippen LogP contribution in [0.3, 0.4) is 0 Å². The van der Waals surface area contributed by atoms with E-state index in [0.29, 0.717) is 27.8 Å². The van der Waals surface area contributed by atoms with Crippen molar-refractivity contribution in [3.8, 4) is 5.75 Å². The van der Waals surface area contributed by atoms with Crippen LogP contribution in [0.25, 0.3) is 10.8 Å². The summed E-state index contributed by atoms with van der Waals surface area (Å²) in [5.74, 6) is 0.441. The summed E-state index contributed by atoms with van der Waals surface area (Å²) >= 11 is 1.13. The van der Waals surface area contributed by atoms with Gasteiger partial charge in [0.05, 0.1) is 17.7 Å². The molecule has 7 heteroatoms. The summed E-state index contributed by atoms with van der Waals surface area (Å²) in [6.45, 7) is 1.87. The summed E-state index contributed by atoms with van der Waals surface area (Å²) in [4.78, 5) is 13.0. The topological polar surface area (TPSA) is 72.5 Å². The minimum atomic E-state index is -3.86. The third-order valence-electron chi connectivity index (χ3n) is 4.27. The number of methoxy groups -OCH3 is 1. The zero-order valence-corrected chi connectivity index (χ0v) is 15.7. The molecule has 0 aromatic heterocycles. The first-order valence-electron chi connectivity index (χ1n) is 7.86. The van der Waals surface area contributed by atoms with Crippen LogP contribution in [0.2, 0.25) is 0 Å². The zero-order chi connectivity index (χ0) is 18.5. The first-order chi connectivity index (χ1) is 12.4. The number of thioether (sulfide) groups is 1. The van der Waals surface area contributed by atoms with E-state index in [-0.39, 0.29) is 10.0 Å². The number of rotatable bonds is 4. The molecule has 4 rings (SSSR count). The van der Waals surface area contributed by atoms with Crippen molar-refractivity contribution >= 4 is 43.4 Å². The molecule has 0 bridgehead atoms. The smallest absolute Gasteiger partial charge is 0.262 e. The molecule has 0 amide bonds. The molecule has 3 aromatic rings. The summed E-state index contributed by atoms with van der Waals surface area (Å²) in [6, 6.07) is 13.7. The largest absolute Gasteiger partial charge is 0.495 e. The maximum Gasteiger partial charge on any atom is 0.262 e. The Morgan fingerprint density at radius 3 is 2.65 bits per heavy atom. The van der Waals surface area contributed by atoms with Gasteiger partial charge in [-0.1, -0.05) is 18.2 Å². The average molecular weight is 385 g/mol. The number of nitrogens with one attached hydrogen (secondary N) is 1. The van der Waals surface area contributed by atoms with E-state index in [1.807, 2.05) is 13.0 Å². The number of aryl methyl sites for hydroxylation is 1. The van der Waals surface area contributed by atoms with E-state index in [1.165, 1.54) is 13.2 Å². The lowest BCUT2D eigenvalue weighted by molar-refractivity contribution is 0.109. The van der Waals surface area contributed by atoms with Crippen molar-refractivity contribution in [1.82, 2.24) is 0 Å². The molecule has 1 aliphatic rings. The number of anilines is 1. The molecule has 0 fully saturated rings. The maximum absolute atomic E-state index is 13.1. The Bertz CT molecular complexity index is 1170. The highest BCUT2D eigenvalue weighted by Crippen LogP contribution is 2.42. The number of carbonyl (C=O) groups excluding carboxylic acids is 1. The molecule has 1 N–H and O–H groups in total. The van der Waals surface area contributed by atoms with Crippen LogP contribution in [0.4, 0.5) is 5.69 Å². The van der Waals surface area contributed by atoms with Crippen LogP contribution in [0.1, 0.15) is 15.9 Å². The molecule has 5 nitrogen and oxygen atoms in total. The van der Waals surface area contributed by atoms with Crippen LogP contribution >= 0.6 is 11.8 Å². The Morgan fingerprint density at radius 1 is 1.08 bits per heavy atom. The highest BCUT2D eigenvalue weighted by atomic mass is 32.2. The molecule has 0 unspecified atom stereocenters. The Kier molecular flexibility index (Phi) is 3.93. The van der Waals surface area contributed by atoms with Gasteiger partial charge in [0.15, 0.2) is 0 Å². The van der Waals surface area contributed by atoms with E-state index in [1.54, 1.807) is 36.4 Å². The predicted molar refractivity (Wildman–Crippen MR) is 103 cm³/mol. The number of carbonyl (C=O) groups is 1. The van der Waals surface area contributed by atoms with Crippen LogP contribution in [0, 0.1) is 6.92 Å². The van der Waals surface area contributed by atoms with Crippen molar-refractivity contribution < 1.29 is 17.9 Å². The van der Waals surface area contributed by atoms with Crippen LogP contribution in [-0.2, 0) is 10.0 Å². The Labute approximate surface area is 155 Å². The molecular formula is C19H15NO4S2. The van der Waals surface area contributed by atoms with Crippen molar-refractivity contribution in [1.29, 1.82) is 0 Å². The second-order valence-electron chi connectivity index (χ2n) is 5.99. The van der Waals surface area contributed by atoms with E-state index >= 15 is 0 Å². The Hall–Kier alpha value is -2.51. The van der Waals surface area contributed by atoms with Crippen LogP contribution in [-0.4, -0.2) is 20.6 Å². The van der Waals surface area contributed by atoms with Crippen LogP contribution in [0.5, 0.6) is 5.75 Å². The van der Waals surface area contributed by atoms with Gasteiger partial charge >= 0.3 is 0 Å². The fourth-order valence-corrected chi connectivity index (χ4v) is 5.30. The fraction of sp³-hybridized carbons (Fsp3) is 0.105. The van der Waals surface area contributed by atoms with E-state index in [4.69, 9.17) is 4.74 Å². The van der Waals surface area contributed by atoms with Crippen molar-refractivity contribution in [3.05, 3.63) is 59.7 Å². The molecule has 0 radical (unpaired) electrons. The second-order valence-corrected chi connectivity index (χ2v) is 8.65. The van der Waals surface area contributed by atoms with Crippen molar-refractivity contribution in [2.45, 2.75) is 16.7 Å². The van der Waals surface area contributed by atoms with Crippen molar-refractivity contribution in [2.24, 2.45) is 0 Å². The van der Waals surface area contributed by atoms with Crippen LogP contribution < -0.4 is 9.46 Å². The molecule has 26 heavy (non-hydrogen) atoms.